The number of rotatable bonds is 6. The normalized spacial score (nSPS) is 13.7. The molecular formula is C17H22N2OS. The minimum atomic E-state index is -0.0991. The highest BCUT2D eigenvalue weighted by molar-refractivity contribution is 7.09. The number of hydrogen-bond donors (Lipinski definition) is 1. The molecule has 2 unspecified atom stereocenters. The minimum absolute atomic E-state index is 0.0492. The van der Waals surface area contributed by atoms with E-state index in [1.807, 2.05) is 49.6 Å². The Morgan fingerprint density at radius 1 is 1.29 bits per heavy atom. The second kappa shape index (κ2) is 7.36. The molecule has 0 spiro atoms. The largest absolute Gasteiger partial charge is 0.347 e. The van der Waals surface area contributed by atoms with Crippen LogP contribution in [0.4, 0.5) is 0 Å². The van der Waals surface area contributed by atoms with Gasteiger partial charge in [0, 0.05) is 5.38 Å². The van der Waals surface area contributed by atoms with Crippen LogP contribution in [0, 0.1) is 0 Å². The molecule has 1 aromatic carbocycles. The molecule has 112 valence electrons. The minimum Gasteiger partial charge on any atom is -0.347 e. The molecule has 0 saturated carbocycles. The number of nitrogens with zero attached hydrogens (tertiary/aromatic N) is 1. The summed E-state index contributed by atoms with van der Waals surface area (Å²) in [5, 5.41) is 6.24. The van der Waals surface area contributed by atoms with Crippen LogP contribution in [0.2, 0.25) is 0 Å². The van der Waals surface area contributed by atoms with E-state index < -0.39 is 0 Å². The van der Waals surface area contributed by atoms with Crippen LogP contribution in [-0.2, 0) is 11.2 Å². The smallest absolute Gasteiger partial charge is 0.228 e. The molecule has 0 aliphatic heterocycles. The van der Waals surface area contributed by atoms with Gasteiger partial charge in [-0.2, -0.15) is 0 Å². The Hall–Kier alpha value is -1.68. The molecular weight excluding hydrogens is 280 g/mol. The maximum absolute atomic E-state index is 12.5. The van der Waals surface area contributed by atoms with Crippen molar-refractivity contribution in [2.24, 2.45) is 0 Å². The van der Waals surface area contributed by atoms with Gasteiger partial charge in [0.2, 0.25) is 5.91 Å². The Bertz CT molecular complexity index is 579. The zero-order valence-electron chi connectivity index (χ0n) is 12.8. The summed E-state index contributed by atoms with van der Waals surface area (Å²) in [6, 6.07) is 9.89. The van der Waals surface area contributed by atoms with Crippen molar-refractivity contribution in [1.82, 2.24) is 10.3 Å². The van der Waals surface area contributed by atoms with Crippen molar-refractivity contribution in [1.29, 1.82) is 0 Å². The average molecular weight is 302 g/mol. The molecule has 0 fully saturated rings. The number of aromatic nitrogens is 1. The van der Waals surface area contributed by atoms with Gasteiger partial charge >= 0.3 is 0 Å². The number of carbonyl (C=O) groups is 1. The van der Waals surface area contributed by atoms with Gasteiger partial charge in [-0.15, -0.1) is 11.3 Å². The van der Waals surface area contributed by atoms with Crippen LogP contribution in [0.25, 0.3) is 0 Å². The summed E-state index contributed by atoms with van der Waals surface area (Å²) in [5.74, 6) is -0.0276. The lowest BCUT2D eigenvalue weighted by atomic mass is 9.95. The van der Waals surface area contributed by atoms with Gasteiger partial charge in [0.25, 0.3) is 0 Å². The lowest BCUT2D eigenvalue weighted by Gasteiger charge is -2.18. The molecule has 1 amide bonds. The fourth-order valence-corrected chi connectivity index (χ4v) is 3.17. The Labute approximate surface area is 130 Å². The summed E-state index contributed by atoms with van der Waals surface area (Å²) in [7, 11) is 0. The van der Waals surface area contributed by atoms with E-state index in [1.54, 1.807) is 11.3 Å². The Morgan fingerprint density at radius 3 is 2.57 bits per heavy atom. The molecule has 0 saturated heterocycles. The Morgan fingerprint density at radius 2 is 2.00 bits per heavy atom. The molecule has 3 nitrogen and oxygen atoms in total. The molecule has 2 rings (SSSR count). The van der Waals surface area contributed by atoms with Gasteiger partial charge in [-0.25, -0.2) is 4.98 Å². The van der Waals surface area contributed by atoms with Crippen molar-refractivity contribution in [3.05, 3.63) is 52.0 Å². The number of amides is 1. The first kappa shape index (κ1) is 15.7. The summed E-state index contributed by atoms with van der Waals surface area (Å²) in [4.78, 5) is 17.0. The highest BCUT2D eigenvalue weighted by Crippen LogP contribution is 2.22. The number of aryl methyl sites for hydroxylation is 1. The fourth-order valence-electron chi connectivity index (χ4n) is 2.33. The Kier molecular flexibility index (Phi) is 5.51. The van der Waals surface area contributed by atoms with Gasteiger partial charge in [-0.1, -0.05) is 44.2 Å². The molecule has 0 bridgehead atoms. The van der Waals surface area contributed by atoms with E-state index in [4.69, 9.17) is 0 Å². The van der Waals surface area contributed by atoms with Gasteiger partial charge in [-0.3, -0.25) is 4.79 Å². The molecule has 1 N–H and O–H groups in total. The van der Waals surface area contributed by atoms with Crippen molar-refractivity contribution < 1.29 is 4.79 Å². The van der Waals surface area contributed by atoms with Gasteiger partial charge in [0.15, 0.2) is 0 Å². The van der Waals surface area contributed by atoms with Crippen molar-refractivity contribution in [3.63, 3.8) is 0 Å². The summed E-state index contributed by atoms with van der Waals surface area (Å²) in [6.45, 7) is 6.12. The van der Waals surface area contributed by atoms with Crippen LogP contribution in [0.3, 0.4) is 0 Å². The topological polar surface area (TPSA) is 42.0 Å². The van der Waals surface area contributed by atoms with E-state index in [2.05, 4.69) is 17.2 Å². The highest BCUT2D eigenvalue weighted by Gasteiger charge is 2.21. The van der Waals surface area contributed by atoms with E-state index in [-0.39, 0.29) is 17.9 Å². The van der Waals surface area contributed by atoms with Crippen LogP contribution in [-0.4, -0.2) is 10.9 Å². The average Bonchev–Trinajstić information content (AvgIpc) is 2.98. The van der Waals surface area contributed by atoms with Gasteiger partial charge in [-0.05, 0) is 25.3 Å². The van der Waals surface area contributed by atoms with Crippen LogP contribution in [0.5, 0.6) is 0 Å². The monoisotopic (exact) mass is 302 g/mol. The van der Waals surface area contributed by atoms with Crippen LogP contribution in [0.15, 0.2) is 35.7 Å². The summed E-state index contributed by atoms with van der Waals surface area (Å²) in [6.07, 6.45) is 1.73. The SMILES string of the molecule is CCc1nc(C(C)NC(=O)C(CC)c2ccccc2)cs1. The third kappa shape index (κ3) is 3.91. The summed E-state index contributed by atoms with van der Waals surface area (Å²) < 4.78 is 0. The molecule has 1 aromatic heterocycles. The van der Waals surface area contributed by atoms with Crippen molar-refractivity contribution in [3.8, 4) is 0 Å². The first-order valence-corrected chi connectivity index (χ1v) is 8.33. The van der Waals surface area contributed by atoms with Crippen molar-refractivity contribution >= 4 is 17.2 Å². The predicted molar refractivity (Wildman–Crippen MR) is 87.5 cm³/mol. The molecule has 1 heterocycles. The lowest BCUT2D eigenvalue weighted by Crippen LogP contribution is -2.31. The molecule has 0 aliphatic carbocycles. The summed E-state index contributed by atoms with van der Waals surface area (Å²) >= 11 is 1.65. The van der Waals surface area contributed by atoms with E-state index >= 15 is 0 Å². The lowest BCUT2D eigenvalue weighted by molar-refractivity contribution is -0.123. The quantitative estimate of drug-likeness (QED) is 0.873. The number of thiazole rings is 1. The van der Waals surface area contributed by atoms with E-state index in [9.17, 15) is 4.79 Å². The third-order valence-corrected chi connectivity index (χ3v) is 4.61. The van der Waals surface area contributed by atoms with Gasteiger partial charge < -0.3 is 5.32 Å². The second-order valence-corrected chi connectivity index (χ2v) is 6.06. The molecule has 2 aromatic rings. The molecule has 0 radical (unpaired) electrons. The van der Waals surface area contributed by atoms with Crippen molar-refractivity contribution in [2.45, 2.75) is 45.6 Å². The van der Waals surface area contributed by atoms with Gasteiger partial charge in [0.1, 0.15) is 0 Å². The number of hydrogen-bond acceptors (Lipinski definition) is 3. The van der Waals surface area contributed by atoms with Crippen LogP contribution in [0.1, 0.15) is 55.4 Å². The van der Waals surface area contributed by atoms with Crippen LogP contribution < -0.4 is 5.32 Å². The molecule has 2 atom stereocenters. The number of benzene rings is 1. The first-order chi connectivity index (χ1) is 10.2. The van der Waals surface area contributed by atoms with Crippen molar-refractivity contribution in [2.75, 3.05) is 0 Å². The first-order valence-electron chi connectivity index (χ1n) is 7.45. The number of nitrogens with one attached hydrogen (secondary N) is 1. The van der Waals surface area contributed by atoms with Gasteiger partial charge in [0.05, 0.1) is 22.7 Å². The number of carbonyl (C=O) groups excluding carboxylic acids is 1. The fraction of sp³-hybridized carbons (Fsp3) is 0.412. The standard InChI is InChI=1S/C17H22N2OS/c1-4-14(13-9-7-6-8-10-13)17(20)18-12(3)15-11-21-16(5-2)19-15/h6-12,14H,4-5H2,1-3H3,(H,18,20). The maximum atomic E-state index is 12.5. The third-order valence-electron chi connectivity index (χ3n) is 3.60. The predicted octanol–water partition coefficient (Wildman–Crippen LogP) is 4.08. The van der Waals surface area contributed by atoms with Crippen LogP contribution >= 0.6 is 11.3 Å². The summed E-state index contributed by atoms with van der Waals surface area (Å²) in [5.41, 5.74) is 2.02. The molecule has 4 heteroatoms. The second-order valence-electron chi connectivity index (χ2n) is 5.12. The molecule has 0 aliphatic rings. The maximum Gasteiger partial charge on any atom is 0.228 e. The zero-order chi connectivity index (χ0) is 15.2. The van der Waals surface area contributed by atoms with E-state index in [0.717, 1.165) is 29.1 Å². The zero-order valence-corrected chi connectivity index (χ0v) is 13.6. The van der Waals surface area contributed by atoms with E-state index in [0.29, 0.717) is 0 Å². The molecule has 21 heavy (non-hydrogen) atoms. The van der Waals surface area contributed by atoms with E-state index in [1.165, 1.54) is 0 Å². The highest BCUT2D eigenvalue weighted by atomic mass is 32.1. The Balaban J connectivity index is 2.05.